The zero-order chi connectivity index (χ0) is 38.5. The predicted molar refractivity (Wildman–Crippen MR) is 196 cm³/mol. The maximum Gasteiger partial charge on any atom is 0.315 e. The van der Waals surface area contributed by atoms with Crippen molar-refractivity contribution in [2.75, 3.05) is 31.1 Å². The number of hydrogen-bond donors (Lipinski definition) is 7. The molecule has 17 nitrogen and oxygen atoms in total. The zero-order valence-electron chi connectivity index (χ0n) is 28.9. The standard InChI is InChI=1S/C33H44N6O11S3/c34-29-20-15-19(52(45,46)47)16-21-28(20)22(17-25(29)53(48,49)50)32(43)39(31(21)42)14-8-2-7-13-36-26(40)10-3-1-6-12-35-27(41)11-5-4-9-24-30-23(18-51-24)37-33(44)38-30/h15-17,23-24,30H,1-14,18,34H2,(H,35,41)(H,36,40)(H2,37,38,44)(H,45,46,47)(H,48,49,50). The number of nitrogens with two attached hydrogens (primary N) is 1. The molecule has 53 heavy (non-hydrogen) atoms. The molecule has 0 aliphatic carbocycles. The summed E-state index contributed by atoms with van der Waals surface area (Å²) in [5.74, 6) is -0.925. The fourth-order valence-corrected chi connectivity index (χ4v) is 9.62. The molecule has 3 heterocycles. The highest BCUT2D eigenvalue weighted by atomic mass is 32.2. The van der Waals surface area contributed by atoms with Gasteiger partial charge in [0.15, 0.2) is 0 Å². The molecule has 5 rings (SSSR count). The van der Waals surface area contributed by atoms with Crippen LogP contribution in [0.4, 0.5) is 10.5 Å². The smallest absolute Gasteiger partial charge is 0.315 e. The zero-order valence-corrected chi connectivity index (χ0v) is 31.3. The number of hydrogen-bond acceptors (Lipinski definition) is 11. The van der Waals surface area contributed by atoms with E-state index in [1.165, 1.54) is 0 Å². The molecule has 0 saturated carbocycles. The summed E-state index contributed by atoms with van der Waals surface area (Å²) in [6.45, 7) is 0.796. The van der Waals surface area contributed by atoms with Crippen LogP contribution in [0, 0.1) is 0 Å². The van der Waals surface area contributed by atoms with Crippen LogP contribution in [-0.4, -0.2) is 103 Å². The minimum atomic E-state index is -4.96. The van der Waals surface area contributed by atoms with Crippen LogP contribution >= 0.6 is 11.8 Å². The van der Waals surface area contributed by atoms with E-state index in [4.69, 9.17) is 5.73 Å². The lowest BCUT2D eigenvalue weighted by Gasteiger charge is -2.28. The lowest BCUT2D eigenvalue weighted by molar-refractivity contribution is -0.122. The van der Waals surface area contributed by atoms with Gasteiger partial charge in [0.05, 0.1) is 33.8 Å². The summed E-state index contributed by atoms with van der Waals surface area (Å²) >= 11 is 1.86. The number of unbranched alkanes of at least 4 members (excludes halogenated alkanes) is 5. The Labute approximate surface area is 311 Å². The summed E-state index contributed by atoms with van der Waals surface area (Å²) in [5.41, 5.74) is 4.75. The summed E-state index contributed by atoms with van der Waals surface area (Å²) in [4.78, 5) is 61.9. The average Bonchev–Trinajstić information content (AvgIpc) is 3.64. The van der Waals surface area contributed by atoms with Gasteiger partial charge in [-0.15, -0.1) is 0 Å². The number of fused-ring (bicyclic) bond motifs is 1. The number of carbonyl (C=O) groups excluding carboxylic acids is 5. The maximum absolute atomic E-state index is 13.4. The van der Waals surface area contributed by atoms with E-state index in [0.29, 0.717) is 56.9 Å². The molecule has 0 aromatic heterocycles. The van der Waals surface area contributed by atoms with Crippen LogP contribution in [0.15, 0.2) is 28.0 Å². The SMILES string of the molecule is Nc1c(S(=O)(=O)O)cc2c3c(cc(S(=O)(=O)O)cc13)C(=O)N(CCCCCNC(=O)CCCCCNC(=O)CCCCC1SCC3NC(=O)NC31)C2=O. The molecule has 2 aromatic carbocycles. The second-order valence-electron chi connectivity index (χ2n) is 13.4. The molecule has 0 bridgehead atoms. The van der Waals surface area contributed by atoms with Crippen molar-refractivity contribution in [2.45, 2.75) is 97.8 Å². The van der Waals surface area contributed by atoms with Crippen molar-refractivity contribution < 1.29 is 49.9 Å². The van der Waals surface area contributed by atoms with Gasteiger partial charge in [-0.05, 0) is 63.1 Å². The van der Waals surface area contributed by atoms with Crippen LogP contribution < -0.4 is 27.0 Å². The number of nitrogens with one attached hydrogen (secondary N) is 4. The third kappa shape index (κ3) is 9.77. The molecule has 0 spiro atoms. The first-order valence-corrected chi connectivity index (χ1v) is 21.4. The number of anilines is 1. The molecule has 0 radical (unpaired) electrons. The van der Waals surface area contributed by atoms with Gasteiger partial charge in [0.1, 0.15) is 4.90 Å². The first kappa shape index (κ1) is 40.2. The monoisotopic (exact) mass is 796 g/mol. The van der Waals surface area contributed by atoms with Crippen LogP contribution in [-0.2, 0) is 29.8 Å². The molecule has 3 atom stereocenters. The lowest BCUT2D eigenvalue weighted by atomic mass is 9.93. The molecule has 3 aliphatic rings. The summed E-state index contributed by atoms with van der Waals surface area (Å²) in [5, 5.41) is 11.6. The topological polar surface area (TPSA) is 271 Å². The predicted octanol–water partition coefficient (Wildman–Crippen LogP) is 2.20. The number of imide groups is 1. The molecule has 2 aromatic rings. The molecule has 3 unspecified atom stereocenters. The van der Waals surface area contributed by atoms with Crippen molar-refractivity contribution in [3.8, 4) is 0 Å². The molecule has 290 valence electrons. The van der Waals surface area contributed by atoms with Gasteiger partial charge < -0.3 is 27.0 Å². The quantitative estimate of drug-likeness (QED) is 0.0354. The number of carbonyl (C=O) groups is 5. The number of nitrogens with zero attached hydrogens (tertiary/aromatic N) is 1. The van der Waals surface area contributed by atoms with Gasteiger partial charge in [0.2, 0.25) is 11.8 Å². The van der Waals surface area contributed by atoms with Gasteiger partial charge in [-0.3, -0.25) is 33.2 Å². The second kappa shape index (κ2) is 17.0. The average molecular weight is 797 g/mol. The lowest BCUT2D eigenvalue weighted by Crippen LogP contribution is -2.41. The third-order valence-corrected chi connectivity index (χ3v) is 12.8. The Morgan fingerprint density at radius 1 is 0.811 bits per heavy atom. The van der Waals surface area contributed by atoms with Gasteiger partial charge in [0.25, 0.3) is 32.1 Å². The first-order valence-electron chi connectivity index (χ1n) is 17.5. The fourth-order valence-electron chi connectivity index (χ4n) is 6.88. The van der Waals surface area contributed by atoms with E-state index < -0.39 is 47.5 Å². The van der Waals surface area contributed by atoms with Gasteiger partial charge >= 0.3 is 6.03 Å². The Kier molecular flexibility index (Phi) is 12.9. The highest BCUT2D eigenvalue weighted by Crippen LogP contribution is 2.39. The van der Waals surface area contributed by atoms with Crippen LogP contribution in [0.2, 0.25) is 0 Å². The normalized spacial score (nSPS) is 19.6. The van der Waals surface area contributed by atoms with Crippen molar-refractivity contribution in [2.24, 2.45) is 0 Å². The van der Waals surface area contributed by atoms with Gasteiger partial charge in [-0.25, -0.2) is 4.79 Å². The van der Waals surface area contributed by atoms with Crippen molar-refractivity contribution in [1.29, 1.82) is 0 Å². The summed E-state index contributed by atoms with van der Waals surface area (Å²) in [7, 11) is -9.83. The van der Waals surface area contributed by atoms with Crippen molar-refractivity contribution in [1.82, 2.24) is 26.2 Å². The molecular weight excluding hydrogens is 753 g/mol. The van der Waals surface area contributed by atoms with Crippen molar-refractivity contribution in [3.63, 3.8) is 0 Å². The summed E-state index contributed by atoms with van der Waals surface area (Å²) in [6, 6.07) is 2.82. The molecule has 8 N–H and O–H groups in total. The number of nitrogen functional groups attached to an aromatic ring is 1. The number of amides is 6. The Morgan fingerprint density at radius 2 is 1.42 bits per heavy atom. The number of urea groups is 1. The largest absolute Gasteiger partial charge is 0.397 e. The minimum Gasteiger partial charge on any atom is -0.397 e. The van der Waals surface area contributed by atoms with Crippen molar-refractivity contribution in [3.05, 3.63) is 29.3 Å². The van der Waals surface area contributed by atoms with E-state index in [1.54, 1.807) is 0 Å². The number of thioether (sulfide) groups is 1. The Hall–Kier alpha value is -3.98. The van der Waals surface area contributed by atoms with Crippen LogP contribution in [0.1, 0.15) is 91.3 Å². The van der Waals surface area contributed by atoms with Crippen LogP contribution in [0.5, 0.6) is 0 Å². The van der Waals surface area contributed by atoms with E-state index in [-0.39, 0.29) is 58.4 Å². The second-order valence-corrected chi connectivity index (χ2v) is 17.5. The Bertz CT molecular complexity index is 1990. The first-order chi connectivity index (χ1) is 25.1. The van der Waals surface area contributed by atoms with E-state index in [0.717, 1.165) is 61.0 Å². The Morgan fingerprint density at radius 3 is 2.04 bits per heavy atom. The van der Waals surface area contributed by atoms with E-state index in [1.807, 2.05) is 11.8 Å². The molecular formula is C33H44N6O11S3. The molecule has 3 aliphatic heterocycles. The summed E-state index contributed by atoms with van der Waals surface area (Å²) in [6.07, 6.45) is 6.98. The molecule has 6 amide bonds. The van der Waals surface area contributed by atoms with Gasteiger partial charge in [0, 0.05) is 54.3 Å². The maximum atomic E-state index is 13.4. The number of benzene rings is 2. The van der Waals surface area contributed by atoms with Crippen molar-refractivity contribution >= 4 is 78.1 Å². The molecule has 2 saturated heterocycles. The van der Waals surface area contributed by atoms with E-state index in [9.17, 15) is 49.9 Å². The van der Waals surface area contributed by atoms with Gasteiger partial charge in [-0.1, -0.05) is 12.8 Å². The summed E-state index contributed by atoms with van der Waals surface area (Å²) < 4.78 is 67.2. The van der Waals surface area contributed by atoms with Gasteiger partial charge in [-0.2, -0.15) is 28.6 Å². The highest BCUT2D eigenvalue weighted by Gasteiger charge is 2.42. The van der Waals surface area contributed by atoms with E-state index in [2.05, 4.69) is 21.3 Å². The number of rotatable bonds is 19. The molecule has 2 fully saturated rings. The van der Waals surface area contributed by atoms with Crippen LogP contribution in [0.3, 0.4) is 0 Å². The molecule has 20 heteroatoms. The Balaban J connectivity index is 0.962. The van der Waals surface area contributed by atoms with E-state index >= 15 is 0 Å². The highest BCUT2D eigenvalue weighted by molar-refractivity contribution is 8.00. The third-order valence-electron chi connectivity index (χ3n) is 9.60. The fraction of sp³-hybridized carbons (Fsp3) is 0.545. The van der Waals surface area contributed by atoms with Crippen LogP contribution in [0.25, 0.3) is 10.8 Å². The minimum absolute atomic E-state index is 0.00879.